The maximum Gasteiger partial charge on any atom is 0.314 e. The first kappa shape index (κ1) is 10.9. The van der Waals surface area contributed by atoms with Gasteiger partial charge in [-0.25, -0.2) is 0 Å². The molecule has 3 heteroatoms. The molecule has 0 bridgehead atoms. The van der Waals surface area contributed by atoms with Crippen LogP contribution >= 0.6 is 0 Å². The fourth-order valence-corrected chi connectivity index (χ4v) is 2.29. The van der Waals surface area contributed by atoms with Crippen molar-refractivity contribution in [3.8, 4) is 0 Å². The van der Waals surface area contributed by atoms with Gasteiger partial charge in [0.2, 0.25) is 0 Å². The van der Waals surface area contributed by atoms with Crippen LogP contribution in [-0.4, -0.2) is 16.9 Å². The van der Waals surface area contributed by atoms with Crippen molar-refractivity contribution in [3.05, 3.63) is 35.4 Å². The van der Waals surface area contributed by atoms with Gasteiger partial charge in [-0.15, -0.1) is 0 Å². The van der Waals surface area contributed by atoms with Crippen LogP contribution in [0.3, 0.4) is 0 Å². The Balaban J connectivity index is 2.44. The van der Waals surface area contributed by atoms with E-state index in [1.165, 1.54) is 0 Å². The second-order valence-electron chi connectivity index (χ2n) is 4.47. The molecule has 1 aliphatic carbocycles. The van der Waals surface area contributed by atoms with E-state index in [1.807, 2.05) is 31.2 Å². The molecule has 0 spiro atoms. The zero-order valence-corrected chi connectivity index (χ0v) is 9.19. The molecule has 1 aliphatic rings. The second kappa shape index (κ2) is 3.74. The summed E-state index contributed by atoms with van der Waals surface area (Å²) in [6.45, 7) is 1.96. The number of hydrogen-bond acceptors (Lipinski definition) is 2. The van der Waals surface area contributed by atoms with E-state index in [9.17, 15) is 14.7 Å². The van der Waals surface area contributed by atoms with Crippen LogP contribution in [0, 0.1) is 6.92 Å². The lowest BCUT2D eigenvalue weighted by Gasteiger charge is -2.23. The molecule has 84 valence electrons. The molecule has 0 saturated heterocycles. The van der Waals surface area contributed by atoms with E-state index >= 15 is 0 Å². The first-order valence-corrected chi connectivity index (χ1v) is 5.37. The fourth-order valence-electron chi connectivity index (χ4n) is 2.29. The van der Waals surface area contributed by atoms with E-state index in [-0.39, 0.29) is 12.2 Å². The standard InChI is InChI=1S/C13H14O3/c1-9-2-4-10(5-3-9)13(12(15)16)7-6-11(14)8-13/h2-5H,6-8H2,1H3,(H,15,16). The Morgan fingerprint density at radius 2 is 1.94 bits per heavy atom. The molecule has 0 heterocycles. The Kier molecular flexibility index (Phi) is 2.54. The molecule has 1 saturated carbocycles. The molecular formula is C13H14O3. The molecular weight excluding hydrogens is 204 g/mol. The van der Waals surface area contributed by atoms with Crippen molar-refractivity contribution < 1.29 is 14.7 Å². The van der Waals surface area contributed by atoms with E-state index in [1.54, 1.807) is 0 Å². The molecule has 0 aliphatic heterocycles. The molecule has 1 N–H and O–H groups in total. The largest absolute Gasteiger partial charge is 0.481 e. The number of aliphatic carboxylic acids is 1. The normalized spacial score (nSPS) is 24.7. The van der Waals surface area contributed by atoms with Crippen molar-refractivity contribution in [2.75, 3.05) is 0 Å². The van der Waals surface area contributed by atoms with Crippen molar-refractivity contribution >= 4 is 11.8 Å². The van der Waals surface area contributed by atoms with E-state index < -0.39 is 11.4 Å². The summed E-state index contributed by atoms with van der Waals surface area (Å²) in [6.07, 6.45) is 0.926. The maximum absolute atomic E-state index is 11.4. The number of ketones is 1. The Bertz CT molecular complexity index is 433. The number of rotatable bonds is 2. The summed E-state index contributed by atoms with van der Waals surface area (Å²) >= 11 is 0. The van der Waals surface area contributed by atoms with Crippen LogP contribution in [0.2, 0.25) is 0 Å². The number of carbonyl (C=O) groups excluding carboxylic acids is 1. The highest BCUT2D eigenvalue weighted by Gasteiger charge is 2.46. The van der Waals surface area contributed by atoms with Crippen LogP contribution in [0.1, 0.15) is 30.4 Å². The minimum Gasteiger partial charge on any atom is -0.481 e. The van der Waals surface area contributed by atoms with Gasteiger partial charge in [-0.05, 0) is 18.9 Å². The van der Waals surface area contributed by atoms with Gasteiger partial charge >= 0.3 is 5.97 Å². The van der Waals surface area contributed by atoms with Gasteiger partial charge in [0.1, 0.15) is 5.78 Å². The minimum atomic E-state index is -0.981. The summed E-state index contributed by atoms with van der Waals surface area (Å²) in [7, 11) is 0. The zero-order chi connectivity index (χ0) is 11.8. The molecule has 1 aromatic carbocycles. The predicted octanol–water partition coefficient (Wildman–Crippen LogP) is 2.07. The molecule has 1 aromatic rings. The molecule has 16 heavy (non-hydrogen) atoms. The summed E-state index contributed by atoms with van der Waals surface area (Å²) < 4.78 is 0. The molecule has 0 amide bonds. The maximum atomic E-state index is 11.4. The Morgan fingerprint density at radius 3 is 2.38 bits per heavy atom. The van der Waals surface area contributed by atoms with Gasteiger partial charge in [-0.2, -0.15) is 0 Å². The third-order valence-electron chi connectivity index (χ3n) is 3.34. The highest BCUT2D eigenvalue weighted by Crippen LogP contribution is 2.39. The van der Waals surface area contributed by atoms with Crippen molar-refractivity contribution in [1.82, 2.24) is 0 Å². The first-order valence-electron chi connectivity index (χ1n) is 5.37. The molecule has 1 atom stereocenters. The number of carbonyl (C=O) groups is 2. The summed E-state index contributed by atoms with van der Waals surface area (Å²) in [5.74, 6) is -0.842. The predicted molar refractivity (Wildman–Crippen MR) is 59.4 cm³/mol. The van der Waals surface area contributed by atoms with E-state index in [4.69, 9.17) is 0 Å². The highest BCUT2D eigenvalue weighted by atomic mass is 16.4. The van der Waals surface area contributed by atoms with E-state index in [2.05, 4.69) is 0 Å². The molecule has 2 rings (SSSR count). The van der Waals surface area contributed by atoms with E-state index in [0.29, 0.717) is 12.8 Å². The van der Waals surface area contributed by atoms with Gasteiger partial charge in [-0.3, -0.25) is 9.59 Å². The lowest BCUT2D eigenvalue weighted by Crippen LogP contribution is -2.33. The number of aryl methyl sites for hydroxylation is 1. The van der Waals surface area contributed by atoms with Crippen LogP contribution in [-0.2, 0) is 15.0 Å². The Labute approximate surface area is 94.1 Å². The van der Waals surface area contributed by atoms with Crippen LogP contribution in [0.5, 0.6) is 0 Å². The summed E-state index contributed by atoms with van der Waals surface area (Å²) in [4.78, 5) is 22.7. The second-order valence-corrected chi connectivity index (χ2v) is 4.47. The van der Waals surface area contributed by atoms with Crippen molar-refractivity contribution in [2.45, 2.75) is 31.6 Å². The number of Topliss-reactive ketones (excluding diaryl/α,β-unsaturated/α-hetero) is 1. The van der Waals surface area contributed by atoms with Crippen LogP contribution < -0.4 is 0 Å². The van der Waals surface area contributed by atoms with Gasteiger partial charge in [0.05, 0.1) is 5.41 Å². The quantitative estimate of drug-likeness (QED) is 0.826. The molecule has 1 fully saturated rings. The number of benzene rings is 1. The van der Waals surface area contributed by atoms with Gasteiger partial charge in [-0.1, -0.05) is 29.8 Å². The van der Waals surface area contributed by atoms with E-state index in [0.717, 1.165) is 11.1 Å². The third kappa shape index (κ3) is 1.62. The lowest BCUT2D eigenvalue weighted by atomic mass is 9.79. The first-order chi connectivity index (χ1) is 7.54. The fraction of sp³-hybridized carbons (Fsp3) is 0.385. The average Bonchev–Trinajstić information content (AvgIpc) is 2.63. The SMILES string of the molecule is Cc1ccc(C2(C(=O)O)CCC(=O)C2)cc1. The summed E-state index contributed by atoms with van der Waals surface area (Å²) in [5, 5.41) is 9.35. The van der Waals surface area contributed by atoms with Gasteiger partial charge in [0.25, 0.3) is 0 Å². The van der Waals surface area contributed by atoms with Crippen LogP contribution in [0.15, 0.2) is 24.3 Å². The zero-order valence-electron chi connectivity index (χ0n) is 9.19. The molecule has 3 nitrogen and oxygen atoms in total. The number of carboxylic acid groups (broad SMARTS) is 1. The van der Waals surface area contributed by atoms with Gasteiger partial charge < -0.3 is 5.11 Å². The Morgan fingerprint density at radius 1 is 1.31 bits per heavy atom. The molecule has 0 aromatic heterocycles. The smallest absolute Gasteiger partial charge is 0.314 e. The summed E-state index contributed by atoms with van der Waals surface area (Å²) in [5.41, 5.74) is 0.857. The minimum absolute atomic E-state index is 0.0444. The van der Waals surface area contributed by atoms with Crippen molar-refractivity contribution in [1.29, 1.82) is 0 Å². The Hall–Kier alpha value is -1.64. The molecule has 0 radical (unpaired) electrons. The number of hydrogen-bond donors (Lipinski definition) is 1. The van der Waals surface area contributed by atoms with Crippen LogP contribution in [0.25, 0.3) is 0 Å². The lowest BCUT2D eigenvalue weighted by molar-refractivity contribution is -0.144. The highest BCUT2D eigenvalue weighted by molar-refractivity contribution is 5.94. The average molecular weight is 218 g/mol. The molecule has 1 unspecified atom stereocenters. The topological polar surface area (TPSA) is 54.4 Å². The number of carboxylic acids is 1. The van der Waals surface area contributed by atoms with Gasteiger partial charge in [0.15, 0.2) is 0 Å². The van der Waals surface area contributed by atoms with Crippen molar-refractivity contribution in [2.24, 2.45) is 0 Å². The van der Waals surface area contributed by atoms with Crippen molar-refractivity contribution in [3.63, 3.8) is 0 Å². The van der Waals surface area contributed by atoms with Crippen LogP contribution in [0.4, 0.5) is 0 Å². The van der Waals surface area contributed by atoms with Gasteiger partial charge in [0, 0.05) is 12.8 Å². The monoisotopic (exact) mass is 218 g/mol. The third-order valence-corrected chi connectivity index (χ3v) is 3.34. The summed E-state index contributed by atoms with van der Waals surface area (Å²) in [6, 6.07) is 7.43.